The van der Waals surface area contributed by atoms with Crippen LogP contribution < -0.4 is 5.73 Å². The lowest BCUT2D eigenvalue weighted by Gasteiger charge is -2.05. The van der Waals surface area contributed by atoms with E-state index in [0.717, 1.165) is 27.3 Å². The summed E-state index contributed by atoms with van der Waals surface area (Å²) in [6.07, 6.45) is 0. The molecule has 1 heterocycles. The molecule has 2 aromatic carbocycles. The lowest BCUT2D eigenvalue weighted by atomic mass is 10.00. The fraction of sp³-hybridized carbons (Fsp3) is 0.118. The highest BCUT2D eigenvalue weighted by atomic mass is 35.5. The number of hydrogen-bond donors (Lipinski definition) is 1. The van der Waals surface area contributed by atoms with Gasteiger partial charge >= 0.3 is 0 Å². The van der Waals surface area contributed by atoms with Crippen LogP contribution in [0, 0.1) is 13.8 Å². The van der Waals surface area contributed by atoms with Gasteiger partial charge in [0.1, 0.15) is 0 Å². The van der Waals surface area contributed by atoms with Gasteiger partial charge in [0.05, 0.1) is 5.56 Å². The Morgan fingerprint density at radius 3 is 2.33 bits per heavy atom. The van der Waals surface area contributed by atoms with Crippen molar-refractivity contribution in [2.45, 2.75) is 13.8 Å². The molecule has 0 bridgehead atoms. The van der Waals surface area contributed by atoms with Gasteiger partial charge in [-0.15, -0.1) is 0 Å². The standard InChI is InChI=1S/C17H15ClN2O/c1-10-3-5-12(6-4-10)15-16(21-20-17(15)19)13-7-8-14(18)11(2)9-13/h3-9H,1-2H3,(H2,19,20). The van der Waals surface area contributed by atoms with E-state index in [1.165, 1.54) is 5.56 Å². The second-order valence-electron chi connectivity index (χ2n) is 5.10. The third-order valence-corrected chi connectivity index (χ3v) is 3.90. The number of nitrogens with two attached hydrogens (primary N) is 1. The van der Waals surface area contributed by atoms with Gasteiger partial charge < -0.3 is 10.3 Å². The van der Waals surface area contributed by atoms with Crippen molar-refractivity contribution in [3.8, 4) is 22.5 Å². The van der Waals surface area contributed by atoms with Gasteiger partial charge in [-0.3, -0.25) is 0 Å². The summed E-state index contributed by atoms with van der Waals surface area (Å²) in [7, 11) is 0. The van der Waals surface area contributed by atoms with Crippen molar-refractivity contribution >= 4 is 17.4 Å². The summed E-state index contributed by atoms with van der Waals surface area (Å²) in [6.45, 7) is 4.00. The second kappa shape index (κ2) is 5.26. The van der Waals surface area contributed by atoms with Crippen LogP contribution >= 0.6 is 11.6 Å². The summed E-state index contributed by atoms with van der Waals surface area (Å²) < 4.78 is 5.44. The van der Waals surface area contributed by atoms with Gasteiger partial charge in [0.25, 0.3) is 0 Å². The number of nitrogen functional groups attached to an aromatic ring is 1. The van der Waals surface area contributed by atoms with Crippen molar-refractivity contribution in [3.63, 3.8) is 0 Å². The fourth-order valence-electron chi connectivity index (χ4n) is 2.28. The minimum absolute atomic E-state index is 0.390. The molecule has 0 fully saturated rings. The topological polar surface area (TPSA) is 52.0 Å². The molecule has 3 rings (SSSR count). The van der Waals surface area contributed by atoms with E-state index in [1.807, 2.05) is 56.3 Å². The van der Waals surface area contributed by atoms with Crippen molar-refractivity contribution in [1.82, 2.24) is 5.16 Å². The molecule has 0 radical (unpaired) electrons. The Balaban J connectivity index is 2.16. The van der Waals surface area contributed by atoms with E-state index in [4.69, 9.17) is 21.9 Å². The summed E-state index contributed by atoms with van der Waals surface area (Å²) in [5, 5.41) is 4.64. The molecule has 0 aliphatic carbocycles. The van der Waals surface area contributed by atoms with Crippen LogP contribution in [0.5, 0.6) is 0 Å². The molecular weight excluding hydrogens is 284 g/mol. The fourth-order valence-corrected chi connectivity index (χ4v) is 2.40. The predicted molar refractivity (Wildman–Crippen MR) is 86.3 cm³/mol. The normalized spacial score (nSPS) is 10.8. The number of halogens is 1. The Morgan fingerprint density at radius 1 is 1.00 bits per heavy atom. The smallest absolute Gasteiger partial charge is 0.176 e. The summed E-state index contributed by atoms with van der Waals surface area (Å²) in [5.41, 5.74) is 10.9. The molecule has 0 atom stereocenters. The SMILES string of the molecule is Cc1ccc(-c2c(N)noc2-c2ccc(Cl)c(C)c2)cc1. The Morgan fingerprint density at radius 2 is 1.67 bits per heavy atom. The van der Waals surface area contributed by atoms with Gasteiger partial charge in [-0.05, 0) is 43.2 Å². The molecule has 106 valence electrons. The van der Waals surface area contributed by atoms with Crippen molar-refractivity contribution in [3.05, 3.63) is 58.6 Å². The van der Waals surface area contributed by atoms with Crippen LogP contribution in [0.1, 0.15) is 11.1 Å². The number of aryl methyl sites for hydroxylation is 2. The number of anilines is 1. The number of hydrogen-bond acceptors (Lipinski definition) is 3. The average molecular weight is 299 g/mol. The first-order valence-electron chi connectivity index (χ1n) is 6.65. The van der Waals surface area contributed by atoms with E-state index in [-0.39, 0.29) is 0 Å². The lowest BCUT2D eigenvalue weighted by Crippen LogP contribution is -1.89. The monoisotopic (exact) mass is 298 g/mol. The molecule has 0 amide bonds. The Kier molecular flexibility index (Phi) is 3.43. The summed E-state index contributed by atoms with van der Waals surface area (Å²) in [4.78, 5) is 0. The molecule has 0 aliphatic rings. The van der Waals surface area contributed by atoms with Gasteiger partial charge in [0.2, 0.25) is 0 Å². The van der Waals surface area contributed by atoms with Crippen molar-refractivity contribution in [2.24, 2.45) is 0 Å². The molecular formula is C17H15ClN2O. The van der Waals surface area contributed by atoms with E-state index >= 15 is 0 Å². The maximum atomic E-state index is 6.08. The van der Waals surface area contributed by atoms with Crippen molar-refractivity contribution in [2.75, 3.05) is 5.73 Å². The van der Waals surface area contributed by atoms with Crippen LogP contribution in [0.4, 0.5) is 5.82 Å². The quantitative estimate of drug-likeness (QED) is 0.735. The van der Waals surface area contributed by atoms with Gasteiger partial charge in [-0.2, -0.15) is 0 Å². The maximum absolute atomic E-state index is 6.08. The van der Waals surface area contributed by atoms with Crippen LogP contribution in [-0.4, -0.2) is 5.16 Å². The lowest BCUT2D eigenvalue weighted by molar-refractivity contribution is 0.436. The van der Waals surface area contributed by atoms with E-state index in [0.29, 0.717) is 11.6 Å². The zero-order valence-electron chi connectivity index (χ0n) is 11.9. The Bertz CT molecular complexity index is 791. The summed E-state index contributed by atoms with van der Waals surface area (Å²) >= 11 is 6.08. The minimum Gasteiger partial charge on any atom is -0.380 e. The van der Waals surface area contributed by atoms with Crippen LogP contribution in [0.2, 0.25) is 5.02 Å². The number of rotatable bonds is 2. The van der Waals surface area contributed by atoms with Gasteiger partial charge in [0.15, 0.2) is 11.6 Å². The second-order valence-corrected chi connectivity index (χ2v) is 5.51. The van der Waals surface area contributed by atoms with Crippen LogP contribution in [-0.2, 0) is 0 Å². The maximum Gasteiger partial charge on any atom is 0.176 e. The Labute approximate surface area is 128 Å². The molecule has 0 unspecified atom stereocenters. The molecule has 3 nitrogen and oxygen atoms in total. The Hall–Kier alpha value is -2.26. The highest BCUT2D eigenvalue weighted by Crippen LogP contribution is 2.37. The van der Waals surface area contributed by atoms with Gasteiger partial charge in [0, 0.05) is 10.6 Å². The zero-order chi connectivity index (χ0) is 15.0. The van der Waals surface area contributed by atoms with E-state index in [1.54, 1.807) is 0 Å². The van der Waals surface area contributed by atoms with E-state index in [2.05, 4.69) is 5.16 Å². The first-order chi connectivity index (χ1) is 10.1. The molecule has 21 heavy (non-hydrogen) atoms. The highest BCUT2D eigenvalue weighted by Gasteiger charge is 2.18. The largest absolute Gasteiger partial charge is 0.380 e. The molecule has 0 saturated carbocycles. The molecule has 2 N–H and O–H groups in total. The first-order valence-corrected chi connectivity index (χ1v) is 7.03. The number of aromatic nitrogens is 1. The zero-order valence-corrected chi connectivity index (χ0v) is 12.6. The average Bonchev–Trinajstić information content (AvgIpc) is 2.85. The molecule has 4 heteroatoms. The third kappa shape index (κ3) is 2.52. The molecule has 0 spiro atoms. The molecule has 3 aromatic rings. The predicted octanol–water partition coefficient (Wildman–Crippen LogP) is 4.86. The van der Waals surface area contributed by atoms with E-state index < -0.39 is 0 Å². The van der Waals surface area contributed by atoms with Crippen molar-refractivity contribution < 1.29 is 4.52 Å². The molecule has 0 aliphatic heterocycles. The van der Waals surface area contributed by atoms with Crippen LogP contribution in [0.15, 0.2) is 47.0 Å². The van der Waals surface area contributed by atoms with Crippen molar-refractivity contribution in [1.29, 1.82) is 0 Å². The van der Waals surface area contributed by atoms with Crippen LogP contribution in [0.25, 0.3) is 22.5 Å². The summed E-state index contributed by atoms with van der Waals surface area (Å²) in [5.74, 6) is 1.05. The summed E-state index contributed by atoms with van der Waals surface area (Å²) in [6, 6.07) is 13.9. The number of benzene rings is 2. The molecule has 1 aromatic heterocycles. The van der Waals surface area contributed by atoms with Crippen LogP contribution in [0.3, 0.4) is 0 Å². The first kappa shape index (κ1) is 13.7. The molecule has 0 saturated heterocycles. The minimum atomic E-state index is 0.390. The number of nitrogens with zero attached hydrogens (tertiary/aromatic N) is 1. The third-order valence-electron chi connectivity index (χ3n) is 3.48. The van der Waals surface area contributed by atoms with Gasteiger partial charge in [-0.25, -0.2) is 0 Å². The van der Waals surface area contributed by atoms with E-state index in [9.17, 15) is 0 Å². The van der Waals surface area contributed by atoms with Gasteiger partial charge in [-0.1, -0.05) is 46.6 Å². The highest BCUT2D eigenvalue weighted by molar-refractivity contribution is 6.31.